The van der Waals surface area contributed by atoms with Crippen molar-refractivity contribution in [3.63, 3.8) is 0 Å². The molecule has 1 atom stereocenters. The molecule has 1 fully saturated rings. The van der Waals surface area contributed by atoms with Gasteiger partial charge in [-0.2, -0.15) is 0 Å². The average Bonchev–Trinajstić information content (AvgIpc) is 2.75. The lowest BCUT2D eigenvalue weighted by molar-refractivity contribution is 0.268. The van der Waals surface area contributed by atoms with Gasteiger partial charge in [0.15, 0.2) is 0 Å². The molecule has 2 rings (SSSR count). The molecule has 1 aromatic heterocycles. The SMILES string of the molecule is CNC1CCC(C(N)c2ccc(Br)s2)CC1. The topological polar surface area (TPSA) is 38.0 Å². The van der Waals surface area contributed by atoms with Crippen LogP contribution in [0.25, 0.3) is 0 Å². The molecule has 0 aromatic carbocycles. The van der Waals surface area contributed by atoms with Crippen LogP contribution in [0.1, 0.15) is 36.6 Å². The molecule has 0 amide bonds. The molecule has 2 nitrogen and oxygen atoms in total. The second-order valence-corrected chi connectivity index (χ2v) is 7.06. The van der Waals surface area contributed by atoms with Crippen LogP contribution in [0.5, 0.6) is 0 Å². The van der Waals surface area contributed by atoms with Crippen LogP contribution in [0.15, 0.2) is 15.9 Å². The van der Waals surface area contributed by atoms with Gasteiger partial charge in [0.2, 0.25) is 0 Å². The van der Waals surface area contributed by atoms with E-state index < -0.39 is 0 Å². The Bertz CT molecular complexity index is 332. The Balaban J connectivity index is 1.93. The molecule has 0 bridgehead atoms. The molecular weight excluding hydrogens is 284 g/mol. The van der Waals surface area contributed by atoms with Crippen molar-refractivity contribution in [1.29, 1.82) is 0 Å². The molecule has 1 aromatic rings. The molecule has 0 spiro atoms. The van der Waals surface area contributed by atoms with E-state index in [1.165, 1.54) is 34.3 Å². The largest absolute Gasteiger partial charge is 0.323 e. The van der Waals surface area contributed by atoms with Crippen molar-refractivity contribution in [2.45, 2.75) is 37.8 Å². The van der Waals surface area contributed by atoms with Crippen molar-refractivity contribution in [3.05, 3.63) is 20.8 Å². The number of rotatable bonds is 3. The van der Waals surface area contributed by atoms with E-state index in [9.17, 15) is 0 Å². The van der Waals surface area contributed by atoms with Gasteiger partial charge >= 0.3 is 0 Å². The van der Waals surface area contributed by atoms with E-state index >= 15 is 0 Å². The Labute approximate surface area is 110 Å². The summed E-state index contributed by atoms with van der Waals surface area (Å²) in [6, 6.07) is 5.19. The van der Waals surface area contributed by atoms with Gasteiger partial charge < -0.3 is 11.1 Å². The summed E-state index contributed by atoms with van der Waals surface area (Å²) in [5, 5.41) is 3.36. The second kappa shape index (κ2) is 5.63. The second-order valence-electron chi connectivity index (χ2n) is 4.57. The zero-order chi connectivity index (χ0) is 11.5. The molecule has 1 heterocycles. The van der Waals surface area contributed by atoms with E-state index in [1.54, 1.807) is 11.3 Å². The normalized spacial score (nSPS) is 27.9. The van der Waals surface area contributed by atoms with E-state index in [2.05, 4.69) is 40.4 Å². The Morgan fingerprint density at radius 2 is 2.06 bits per heavy atom. The van der Waals surface area contributed by atoms with Gasteiger partial charge in [-0.15, -0.1) is 11.3 Å². The summed E-state index contributed by atoms with van der Waals surface area (Å²) >= 11 is 5.27. The van der Waals surface area contributed by atoms with Gasteiger partial charge in [0.1, 0.15) is 0 Å². The van der Waals surface area contributed by atoms with Gasteiger partial charge in [-0.3, -0.25) is 0 Å². The molecule has 16 heavy (non-hydrogen) atoms. The number of nitrogens with two attached hydrogens (primary N) is 1. The smallest absolute Gasteiger partial charge is 0.0701 e. The van der Waals surface area contributed by atoms with Crippen LogP contribution in [0, 0.1) is 5.92 Å². The number of thiophene rings is 1. The van der Waals surface area contributed by atoms with Crippen molar-refractivity contribution in [2.75, 3.05) is 7.05 Å². The molecule has 0 saturated heterocycles. The zero-order valence-electron chi connectivity index (χ0n) is 9.58. The third kappa shape index (κ3) is 2.86. The first-order valence-corrected chi connectivity index (χ1v) is 7.49. The lowest BCUT2D eigenvalue weighted by Crippen LogP contribution is -2.33. The molecule has 90 valence electrons. The third-order valence-electron chi connectivity index (χ3n) is 3.61. The first-order valence-electron chi connectivity index (χ1n) is 5.88. The highest BCUT2D eigenvalue weighted by Crippen LogP contribution is 2.36. The quantitative estimate of drug-likeness (QED) is 0.899. The predicted molar refractivity (Wildman–Crippen MR) is 73.8 cm³/mol. The fourth-order valence-electron chi connectivity index (χ4n) is 2.51. The Morgan fingerprint density at radius 3 is 2.56 bits per heavy atom. The van der Waals surface area contributed by atoms with Crippen LogP contribution < -0.4 is 11.1 Å². The van der Waals surface area contributed by atoms with Crippen LogP contribution in [0.2, 0.25) is 0 Å². The molecule has 1 aliphatic carbocycles. The summed E-state index contributed by atoms with van der Waals surface area (Å²) in [6.07, 6.45) is 5.03. The molecule has 1 aliphatic rings. The average molecular weight is 303 g/mol. The molecule has 1 saturated carbocycles. The van der Waals surface area contributed by atoms with Crippen molar-refractivity contribution < 1.29 is 0 Å². The minimum atomic E-state index is 0.231. The van der Waals surface area contributed by atoms with Gasteiger partial charge in [0.05, 0.1) is 3.79 Å². The maximum atomic E-state index is 6.34. The van der Waals surface area contributed by atoms with E-state index in [-0.39, 0.29) is 6.04 Å². The Kier molecular flexibility index (Phi) is 4.41. The van der Waals surface area contributed by atoms with E-state index in [0.717, 1.165) is 0 Å². The number of halogens is 1. The van der Waals surface area contributed by atoms with Crippen LogP contribution in [0.4, 0.5) is 0 Å². The summed E-state index contributed by atoms with van der Waals surface area (Å²) in [4.78, 5) is 1.32. The summed E-state index contributed by atoms with van der Waals surface area (Å²) in [6.45, 7) is 0. The molecular formula is C12H19BrN2S. The van der Waals surface area contributed by atoms with Crippen LogP contribution in [-0.4, -0.2) is 13.1 Å². The first kappa shape index (κ1) is 12.6. The van der Waals surface area contributed by atoms with E-state index in [1.807, 2.05) is 0 Å². The summed E-state index contributed by atoms with van der Waals surface area (Å²) < 4.78 is 1.18. The van der Waals surface area contributed by atoms with E-state index in [0.29, 0.717) is 12.0 Å². The van der Waals surface area contributed by atoms with Crippen LogP contribution in [0.3, 0.4) is 0 Å². The fraction of sp³-hybridized carbons (Fsp3) is 0.667. The summed E-state index contributed by atoms with van der Waals surface area (Å²) in [7, 11) is 2.06. The first-order chi connectivity index (χ1) is 7.70. The van der Waals surface area contributed by atoms with Crippen molar-refractivity contribution in [2.24, 2.45) is 11.7 Å². The van der Waals surface area contributed by atoms with Gasteiger partial charge in [0, 0.05) is 17.0 Å². The maximum absolute atomic E-state index is 6.34. The monoisotopic (exact) mass is 302 g/mol. The molecule has 4 heteroatoms. The van der Waals surface area contributed by atoms with Gasteiger partial charge in [0.25, 0.3) is 0 Å². The van der Waals surface area contributed by atoms with E-state index in [4.69, 9.17) is 5.73 Å². The Hall–Kier alpha value is 0.1000. The van der Waals surface area contributed by atoms with Crippen molar-refractivity contribution >= 4 is 27.3 Å². The summed E-state index contributed by atoms with van der Waals surface area (Å²) in [5.41, 5.74) is 6.34. The van der Waals surface area contributed by atoms with Crippen molar-refractivity contribution in [3.8, 4) is 0 Å². The summed E-state index contributed by atoms with van der Waals surface area (Å²) in [5.74, 6) is 0.662. The standard InChI is InChI=1S/C12H19BrN2S/c1-15-9-4-2-8(3-5-9)12(14)10-6-7-11(13)16-10/h6-9,12,15H,2-5,14H2,1H3. The maximum Gasteiger partial charge on any atom is 0.0701 e. The molecule has 0 radical (unpaired) electrons. The highest BCUT2D eigenvalue weighted by molar-refractivity contribution is 9.11. The highest BCUT2D eigenvalue weighted by atomic mass is 79.9. The molecule has 1 unspecified atom stereocenters. The third-order valence-corrected chi connectivity index (χ3v) is 5.34. The lowest BCUT2D eigenvalue weighted by Gasteiger charge is -2.31. The van der Waals surface area contributed by atoms with Gasteiger partial charge in [-0.25, -0.2) is 0 Å². The molecule has 3 N–H and O–H groups in total. The minimum absolute atomic E-state index is 0.231. The zero-order valence-corrected chi connectivity index (χ0v) is 12.0. The lowest BCUT2D eigenvalue weighted by atomic mass is 9.81. The fourth-order valence-corrected chi connectivity index (χ4v) is 4.03. The number of nitrogens with one attached hydrogen (secondary N) is 1. The van der Waals surface area contributed by atoms with Gasteiger partial charge in [-0.05, 0) is 66.7 Å². The van der Waals surface area contributed by atoms with Crippen LogP contribution in [-0.2, 0) is 0 Å². The minimum Gasteiger partial charge on any atom is -0.323 e. The van der Waals surface area contributed by atoms with Crippen molar-refractivity contribution in [1.82, 2.24) is 5.32 Å². The Morgan fingerprint density at radius 1 is 1.38 bits per heavy atom. The van der Waals surface area contributed by atoms with Crippen LogP contribution >= 0.6 is 27.3 Å². The predicted octanol–water partition coefficient (Wildman–Crippen LogP) is 3.29. The highest BCUT2D eigenvalue weighted by Gasteiger charge is 2.26. The molecule has 0 aliphatic heterocycles. The number of hydrogen-bond acceptors (Lipinski definition) is 3. The number of hydrogen-bond donors (Lipinski definition) is 2. The van der Waals surface area contributed by atoms with Gasteiger partial charge in [-0.1, -0.05) is 0 Å².